The molecule has 0 aliphatic heterocycles. The van der Waals surface area contributed by atoms with Gasteiger partial charge < -0.3 is 10.1 Å². The average Bonchev–Trinajstić information content (AvgIpc) is 2.61. The number of benzene rings is 2. The number of hydrogen-bond acceptors (Lipinski definition) is 4. The number of hydrogen-bond donors (Lipinski definition) is 1. The first-order chi connectivity index (χ1) is 12.0. The third-order valence-corrected chi connectivity index (χ3v) is 3.91. The van der Waals surface area contributed by atoms with Crippen LogP contribution in [0.2, 0.25) is 0 Å². The first kappa shape index (κ1) is 18.6. The summed E-state index contributed by atoms with van der Waals surface area (Å²) >= 11 is 0. The molecule has 0 heterocycles. The molecule has 132 valence electrons. The van der Waals surface area contributed by atoms with Crippen molar-refractivity contribution >= 4 is 11.6 Å². The zero-order valence-electron chi connectivity index (χ0n) is 14.4. The molecule has 0 aliphatic rings. The van der Waals surface area contributed by atoms with Gasteiger partial charge in [0.1, 0.15) is 5.56 Å². The number of nitrogens with one attached hydrogen (secondary N) is 1. The van der Waals surface area contributed by atoms with Gasteiger partial charge in [-0.05, 0) is 31.9 Å². The molecule has 25 heavy (non-hydrogen) atoms. The molecule has 1 N–H and O–H groups in total. The van der Waals surface area contributed by atoms with Gasteiger partial charge >= 0.3 is 0 Å². The van der Waals surface area contributed by atoms with Gasteiger partial charge in [-0.1, -0.05) is 42.5 Å². The number of rotatable bonds is 8. The van der Waals surface area contributed by atoms with Crippen molar-refractivity contribution in [1.82, 2.24) is 5.32 Å². The highest BCUT2D eigenvalue weighted by Crippen LogP contribution is 2.22. The Morgan fingerprint density at radius 3 is 2.60 bits per heavy atom. The summed E-state index contributed by atoms with van der Waals surface area (Å²) in [7, 11) is 0. The smallest absolute Gasteiger partial charge is 0.285 e. The first-order valence-corrected chi connectivity index (χ1v) is 8.19. The van der Waals surface area contributed by atoms with Crippen molar-refractivity contribution in [2.45, 2.75) is 26.4 Å². The van der Waals surface area contributed by atoms with Gasteiger partial charge in [-0.15, -0.1) is 0 Å². The molecule has 2 aromatic carbocycles. The van der Waals surface area contributed by atoms with Crippen LogP contribution >= 0.6 is 0 Å². The van der Waals surface area contributed by atoms with Gasteiger partial charge in [0.05, 0.1) is 11.0 Å². The average molecular weight is 342 g/mol. The normalized spacial score (nSPS) is 11.8. The fourth-order valence-corrected chi connectivity index (χ4v) is 2.53. The van der Waals surface area contributed by atoms with E-state index in [0.717, 1.165) is 5.56 Å². The number of amides is 1. The lowest BCUT2D eigenvalue weighted by atomic mass is 10.1. The van der Waals surface area contributed by atoms with Crippen molar-refractivity contribution in [3.8, 4) is 0 Å². The van der Waals surface area contributed by atoms with E-state index in [1.54, 1.807) is 19.1 Å². The number of carbonyl (C=O) groups is 1. The molecule has 2 rings (SSSR count). The van der Waals surface area contributed by atoms with Crippen LogP contribution in [0.15, 0.2) is 48.5 Å². The maximum absolute atomic E-state index is 12.2. The SMILES string of the molecule is Cc1cccc(C(=O)NCCCOC(C)c2ccccc2)c1[N+](=O)[O-]. The summed E-state index contributed by atoms with van der Waals surface area (Å²) in [5.41, 5.74) is 1.51. The van der Waals surface area contributed by atoms with E-state index >= 15 is 0 Å². The summed E-state index contributed by atoms with van der Waals surface area (Å²) in [6, 6.07) is 14.6. The maximum Gasteiger partial charge on any atom is 0.285 e. The van der Waals surface area contributed by atoms with Crippen molar-refractivity contribution in [3.05, 3.63) is 75.3 Å². The summed E-state index contributed by atoms with van der Waals surface area (Å²) in [6.45, 7) is 4.48. The Morgan fingerprint density at radius 2 is 1.92 bits per heavy atom. The minimum Gasteiger partial charge on any atom is -0.374 e. The molecule has 0 aliphatic carbocycles. The van der Waals surface area contributed by atoms with Gasteiger partial charge in [0, 0.05) is 18.7 Å². The Balaban J connectivity index is 1.80. The van der Waals surface area contributed by atoms with Gasteiger partial charge in [-0.3, -0.25) is 14.9 Å². The quantitative estimate of drug-likeness (QED) is 0.449. The van der Waals surface area contributed by atoms with E-state index in [9.17, 15) is 14.9 Å². The second-order valence-electron chi connectivity index (χ2n) is 5.76. The fraction of sp³-hybridized carbons (Fsp3) is 0.316. The number of nitro benzene ring substituents is 1. The van der Waals surface area contributed by atoms with E-state index in [-0.39, 0.29) is 17.4 Å². The molecule has 1 amide bonds. The second-order valence-corrected chi connectivity index (χ2v) is 5.76. The lowest BCUT2D eigenvalue weighted by Crippen LogP contribution is -2.26. The molecule has 0 spiro atoms. The molecule has 0 radical (unpaired) electrons. The predicted molar refractivity (Wildman–Crippen MR) is 95.6 cm³/mol. The van der Waals surface area contributed by atoms with Crippen molar-refractivity contribution in [2.24, 2.45) is 0 Å². The van der Waals surface area contributed by atoms with Crippen LogP contribution in [0, 0.1) is 17.0 Å². The first-order valence-electron chi connectivity index (χ1n) is 8.19. The highest BCUT2D eigenvalue weighted by atomic mass is 16.6. The highest BCUT2D eigenvalue weighted by Gasteiger charge is 2.21. The Bertz CT molecular complexity index is 731. The second kappa shape index (κ2) is 8.94. The molecule has 1 atom stereocenters. The molecular formula is C19H22N2O4. The predicted octanol–water partition coefficient (Wildman–Crippen LogP) is 3.80. The van der Waals surface area contributed by atoms with Gasteiger partial charge in [-0.25, -0.2) is 0 Å². The van der Waals surface area contributed by atoms with Gasteiger partial charge in [0.2, 0.25) is 0 Å². The Kier molecular flexibility index (Phi) is 6.65. The van der Waals surface area contributed by atoms with Crippen LogP contribution in [-0.4, -0.2) is 24.0 Å². The number of aryl methyl sites for hydroxylation is 1. The van der Waals surface area contributed by atoms with Crippen LogP contribution in [0.1, 0.15) is 40.9 Å². The monoisotopic (exact) mass is 342 g/mol. The molecule has 0 bridgehead atoms. The van der Waals surface area contributed by atoms with E-state index in [2.05, 4.69) is 5.32 Å². The van der Waals surface area contributed by atoms with Crippen LogP contribution in [0.25, 0.3) is 0 Å². The van der Waals surface area contributed by atoms with Crippen molar-refractivity contribution in [1.29, 1.82) is 0 Å². The summed E-state index contributed by atoms with van der Waals surface area (Å²) in [5, 5.41) is 13.9. The maximum atomic E-state index is 12.2. The van der Waals surface area contributed by atoms with E-state index in [1.807, 2.05) is 37.3 Å². The molecule has 2 aromatic rings. The molecule has 6 nitrogen and oxygen atoms in total. The number of ether oxygens (including phenoxy) is 1. The van der Waals surface area contributed by atoms with E-state index in [0.29, 0.717) is 25.1 Å². The van der Waals surface area contributed by atoms with Crippen LogP contribution < -0.4 is 5.32 Å². The van der Waals surface area contributed by atoms with Crippen molar-refractivity contribution < 1.29 is 14.5 Å². The van der Waals surface area contributed by atoms with Gasteiger partial charge in [-0.2, -0.15) is 0 Å². The van der Waals surface area contributed by atoms with Crippen LogP contribution in [0.5, 0.6) is 0 Å². The van der Waals surface area contributed by atoms with Crippen LogP contribution in [0.4, 0.5) is 5.69 Å². The number of nitro groups is 1. The number of nitrogens with zero attached hydrogens (tertiary/aromatic N) is 1. The summed E-state index contributed by atoms with van der Waals surface area (Å²) in [5.74, 6) is -0.438. The third-order valence-electron chi connectivity index (χ3n) is 3.91. The topological polar surface area (TPSA) is 81.5 Å². The summed E-state index contributed by atoms with van der Waals surface area (Å²) in [4.78, 5) is 22.8. The van der Waals surface area contributed by atoms with Crippen LogP contribution in [-0.2, 0) is 4.74 Å². The zero-order chi connectivity index (χ0) is 18.2. The Morgan fingerprint density at radius 1 is 1.20 bits per heavy atom. The van der Waals surface area contributed by atoms with E-state index in [1.165, 1.54) is 6.07 Å². The summed E-state index contributed by atoms with van der Waals surface area (Å²) < 4.78 is 5.74. The molecular weight excluding hydrogens is 320 g/mol. The minimum atomic E-state index is -0.519. The lowest BCUT2D eigenvalue weighted by molar-refractivity contribution is -0.385. The molecule has 0 fully saturated rings. The molecule has 0 aromatic heterocycles. The van der Waals surface area contributed by atoms with Gasteiger partial charge in [0.15, 0.2) is 0 Å². The minimum absolute atomic E-state index is 0.0187. The molecule has 0 saturated heterocycles. The number of carbonyl (C=O) groups excluding carboxylic acids is 1. The Labute approximate surface area is 147 Å². The molecule has 0 saturated carbocycles. The number of para-hydroxylation sites is 1. The zero-order valence-corrected chi connectivity index (χ0v) is 14.4. The highest BCUT2D eigenvalue weighted by molar-refractivity contribution is 5.98. The van der Waals surface area contributed by atoms with E-state index in [4.69, 9.17) is 4.74 Å². The fourth-order valence-electron chi connectivity index (χ4n) is 2.53. The van der Waals surface area contributed by atoms with Gasteiger partial charge in [0.25, 0.3) is 11.6 Å². The van der Waals surface area contributed by atoms with Crippen molar-refractivity contribution in [3.63, 3.8) is 0 Å². The standard InChI is InChI=1S/C19H22N2O4/c1-14-8-6-11-17(18(14)21(23)24)19(22)20-12-7-13-25-15(2)16-9-4-3-5-10-16/h3-6,8-11,15H,7,12-13H2,1-2H3,(H,20,22). The third kappa shape index (κ3) is 5.12. The molecule has 6 heteroatoms. The summed E-state index contributed by atoms with van der Waals surface area (Å²) in [6.07, 6.45) is 0.609. The van der Waals surface area contributed by atoms with Crippen LogP contribution in [0.3, 0.4) is 0 Å². The van der Waals surface area contributed by atoms with Crippen molar-refractivity contribution in [2.75, 3.05) is 13.2 Å². The Hall–Kier alpha value is -2.73. The largest absolute Gasteiger partial charge is 0.374 e. The van der Waals surface area contributed by atoms with E-state index < -0.39 is 10.8 Å². The molecule has 1 unspecified atom stereocenters. The lowest BCUT2D eigenvalue weighted by Gasteiger charge is -2.13.